The molecule has 1 atom stereocenters. The number of hydrogen-bond acceptors (Lipinski definition) is 4. The number of benzene rings is 2. The summed E-state index contributed by atoms with van der Waals surface area (Å²) in [6.07, 6.45) is 2.32. The number of hydrogen-bond donors (Lipinski definition) is 1. The first-order chi connectivity index (χ1) is 14.6. The van der Waals surface area contributed by atoms with E-state index < -0.39 is 5.91 Å². The fraction of sp³-hybridized carbons (Fsp3) is 0.391. The predicted octanol–water partition coefficient (Wildman–Crippen LogP) is 5.99. The summed E-state index contributed by atoms with van der Waals surface area (Å²) in [5.41, 5.74) is 4.73. The molecule has 2 aromatic rings. The summed E-state index contributed by atoms with van der Waals surface area (Å²) in [5, 5.41) is 3.92. The van der Waals surface area contributed by atoms with Crippen molar-refractivity contribution < 1.29 is 13.9 Å². The summed E-state index contributed by atoms with van der Waals surface area (Å²) in [7, 11) is 0. The highest BCUT2D eigenvalue weighted by molar-refractivity contribution is 9.11. The van der Waals surface area contributed by atoms with E-state index in [-0.39, 0.29) is 18.0 Å². The molecule has 1 aliphatic rings. The van der Waals surface area contributed by atoms with Crippen molar-refractivity contribution in [2.75, 3.05) is 18.1 Å². The molecule has 0 aromatic heterocycles. The molecule has 2 aromatic carbocycles. The topological polar surface area (TPSA) is 53.9 Å². The Morgan fingerprint density at radius 3 is 2.77 bits per heavy atom. The van der Waals surface area contributed by atoms with Gasteiger partial charge in [0.05, 0.1) is 10.7 Å². The molecule has 1 aliphatic heterocycles. The monoisotopic (exact) mass is 553 g/mol. The van der Waals surface area contributed by atoms with Crippen LogP contribution in [0.2, 0.25) is 0 Å². The summed E-state index contributed by atoms with van der Waals surface area (Å²) >= 11 is 6.74. The molecule has 3 rings (SSSR count). The highest BCUT2D eigenvalue weighted by Gasteiger charge is 2.36. The molecule has 31 heavy (non-hydrogen) atoms. The smallest absolute Gasteiger partial charge is 0.277 e. The van der Waals surface area contributed by atoms with E-state index in [1.165, 1.54) is 6.21 Å². The van der Waals surface area contributed by atoms with Gasteiger partial charge in [-0.05, 0) is 84.9 Å². The maximum Gasteiger partial charge on any atom is 0.277 e. The summed E-state index contributed by atoms with van der Waals surface area (Å²) in [6, 6.07) is 8.80. The van der Waals surface area contributed by atoms with Gasteiger partial charge in [-0.15, -0.1) is 0 Å². The number of anilines is 1. The normalized spacial score (nSPS) is 17.5. The lowest BCUT2D eigenvalue weighted by Crippen LogP contribution is -2.48. The van der Waals surface area contributed by atoms with E-state index in [1.807, 2.05) is 18.2 Å². The lowest BCUT2D eigenvalue weighted by molar-refractivity contribution is -0.123. The Bertz CT molecular complexity index is 1010. The number of amides is 1. The Labute approximate surface area is 199 Å². The molecule has 0 fully saturated rings. The Kier molecular flexibility index (Phi) is 7.42. The lowest BCUT2D eigenvalue weighted by Gasteiger charge is -2.47. The van der Waals surface area contributed by atoms with Gasteiger partial charge < -0.3 is 9.64 Å². The van der Waals surface area contributed by atoms with E-state index in [9.17, 15) is 9.18 Å². The van der Waals surface area contributed by atoms with Crippen LogP contribution in [0.25, 0.3) is 0 Å². The van der Waals surface area contributed by atoms with Crippen molar-refractivity contribution in [1.82, 2.24) is 5.43 Å². The third-order valence-electron chi connectivity index (χ3n) is 5.47. The van der Waals surface area contributed by atoms with Crippen molar-refractivity contribution in [3.63, 3.8) is 0 Å². The van der Waals surface area contributed by atoms with Crippen LogP contribution >= 0.6 is 31.9 Å². The molecule has 5 nitrogen and oxygen atoms in total. The van der Waals surface area contributed by atoms with Gasteiger partial charge >= 0.3 is 0 Å². The fourth-order valence-electron chi connectivity index (χ4n) is 4.16. The van der Waals surface area contributed by atoms with Crippen LogP contribution in [0.3, 0.4) is 0 Å². The fourth-order valence-corrected chi connectivity index (χ4v) is 5.32. The first-order valence-electron chi connectivity index (χ1n) is 10.1. The van der Waals surface area contributed by atoms with E-state index in [0.29, 0.717) is 17.2 Å². The summed E-state index contributed by atoms with van der Waals surface area (Å²) in [4.78, 5) is 14.3. The maximum absolute atomic E-state index is 14.8. The average Bonchev–Trinajstić information content (AvgIpc) is 2.68. The molecular weight excluding hydrogens is 529 g/mol. The average molecular weight is 555 g/mol. The molecule has 0 radical (unpaired) electrons. The number of rotatable bonds is 6. The first kappa shape index (κ1) is 23.7. The number of nitrogens with one attached hydrogen (secondary N) is 1. The molecule has 0 saturated carbocycles. The zero-order valence-corrected chi connectivity index (χ0v) is 21.2. The summed E-state index contributed by atoms with van der Waals surface area (Å²) < 4.78 is 21.9. The SMILES string of the molecule is CCN1c2cc(F)c(/C=N/NC(=O)COc3ccc(Br)cc3Br)cc2C(C)CC1(C)C. The van der Waals surface area contributed by atoms with Crippen LogP contribution in [-0.2, 0) is 4.79 Å². The second kappa shape index (κ2) is 9.69. The Morgan fingerprint density at radius 2 is 2.10 bits per heavy atom. The number of nitrogens with zero attached hydrogens (tertiary/aromatic N) is 2. The highest BCUT2D eigenvalue weighted by atomic mass is 79.9. The largest absolute Gasteiger partial charge is 0.483 e. The Balaban J connectivity index is 1.67. The summed E-state index contributed by atoms with van der Waals surface area (Å²) in [5.74, 6) is 0.0419. The zero-order valence-electron chi connectivity index (χ0n) is 18.0. The van der Waals surface area contributed by atoms with E-state index in [1.54, 1.807) is 12.1 Å². The molecule has 1 heterocycles. The maximum atomic E-state index is 14.8. The quantitative estimate of drug-likeness (QED) is 0.352. The molecule has 0 bridgehead atoms. The number of fused-ring (bicyclic) bond motifs is 1. The standard InChI is InChI=1S/C23H26Br2FN3O2/c1-5-29-20-10-19(26)15(8-17(20)14(2)11-23(29,3)4)12-27-28-22(30)13-31-21-7-6-16(24)9-18(21)25/h6-10,12,14H,5,11,13H2,1-4H3,(H,28,30)/b27-12+. The van der Waals surface area contributed by atoms with Gasteiger partial charge in [0.2, 0.25) is 0 Å². The van der Waals surface area contributed by atoms with Crippen molar-refractivity contribution >= 4 is 49.7 Å². The van der Waals surface area contributed by atoms with Gasteiger partial charge in [0.1, 0.15) is 11.6 Å². The second-order valence-electron chi connectivity index (χ2n) is 8.25. The van der Waals surface area contributed by atoms with Crippen molar-refractivity contribution in [3.05, 3.63) is 56.2 Å². The molecule has 0 spiro atoms. The van der Waals surface area contributed by atoms with Crippen LogP contribution in [-0.4, -0.2) is 30.8 Å². The van der Waals surface area contributed by atoms with Crippen LogP contribution in [0.15, 0.2) is 44.4 Å². The van der Waals surface area contributed by atoms with Crippen molar-refractivity contribution in [3.8, 4) is 5.75 Å². The van der Waals surface area contributed by atoms with E-state index in [2.05, 4.69) is 75.0 Å². The van der Waals surface area contributed by atoms with Crippen LogP contribution in [0.4, 0.5) is 10.1 Å². The molecule has 0 saturated heterocycles. The third-order valence-corrected chi connectivity index (χ3v) is 6.58. The van der Waals surface area contributed by atoms with Gasteiger partial charge in [-0.1, -0.05) is 22.9 Å². The zero-order chi connectivity index (χ0) is 22.8. The van der Waals surface area contributed by atoms with Gasteiger partial charge in [-0.2, -0.15) is 5.10 Å². The molecule has 0 aliphatic carbocycles. The number of hydrazone groups is 1. The Morgan fingerprint density at radius 1 is 1.35 bits per heavy atom. The van der Waals surface area contributed by atoms with E-state index >= 15 is 0 Å². The third kappa shape index (κ3) is 5.47. The number of halogens is 3. The van der Waals surface area contributed by atoms with Crippen LogP contribution in [0.5, 0.6) is 5.75 Å². The molecule has 1 unspecified atom stereocenters. The van der Waals surface area contributed by atoms with Gasteiger partial charge in [0.25, 0.3) is 5.91 Å². The van der Waals surface area contributed by atoms with Crippen LogP contribution in [0, 0.1) is 5.82 Å². The van der Waals surface area contributed by atoms with E-state index in [4.69, 9.17) is 4.74 Å². The molecule has 166 valence electrons. The minimum atomic E-state index is -0.434. The highest BCUT2D eigenvalue weighted by Crippen LogP contribution is 2.43. The lowest BCUT2D eigenvalue weighted by atomic mass is 9.79. The van der Waals surface area contributed by atoms with Gasteiger partial charge in [0.15, 0.2) is 6.61 Å². The van der Waals surface area contributed by atoms with Crippen LogP contribution < -0.4 is 15.1 Å². The van der Waals surface area contributed by atoms with Crippen molar-refractivity contribution in [2.24, 2.45) is 5.10 Å². The van der Waals surface area contributed by atoms with Gasteiger partial charge in [0, 0.05) is 27.8 Å². The van der Waals surface area contributed by atoms with Crippen molar-refractivity contribution in [2.45, 2.75) is 45.6 Å². The predicted molar refractivity (Wildman–Crippen MR) is 130 cm³/mol. The first-order valence-corrected chi connectivity index (χ1v) is 11.7. The number of carbonyl (C=O) groups excluding carboxylic acids is 1. The second-order valence-corrected chi connectivity index (χ2v) is 10.0. The minimum Gasteiger partial charge on any atom is -0.483 e. The van der Waals surface area contributed by atoms with E-state index in [0.717, 1.165) is 33.2 Å². The van der Waals surface area contributed by atoms with Gasteiger partial charge in [-0.3, -0.25) is 4.79 Å². The molecule has 8 heteroatoms. The molecule has 1 N–H and O–H groups in total. The molecular formula is C23H26Br2FN3O2. The minimum absolute atomic E-state index is 0.0268. The van der Waals surface area contributed by atoms with Gasteiger partial charge in [-0.25, -0.2) is 9.82 Å². The number of carbonyl (C=O) groups is 1. The molecule has 1 amide bonds. The van der Waals surface area contributed by atoms with Crippen molar-refractivity contribution in [1.29, 1.82) is 0 Å². The number of ether oxygens (including phenoxy) is 1. The Hall–Kier alpha value is -1.93. The summed E-state index contributed by atoms with van der Waals surface area (Å²) in [6.45, 7) is 9.22. The van der Waals surface area contributed by atoms with Crippen LogP contribution in [0.1, 0.15) is 51.2 Å².